The fourth-order valence-corrected chi connectivity index (χ4v) is 3.91. The van der Waals surface area contributed by atoms with Crippen molar-refractivity contribution in [1.82, 2.24) is 19.8 Å². The smallest absolute Gasteiger partial charge is 0.257 e. The van der Waals surface area contributed by atoms with Crippen LogP contribution >= 0.6 is 0 Å². The van der Waals surface area contributed by atoms with Crippen molar-refractivity contribution in [3.8, 4) is 5.75 Å². The number of hydrogen-bond acceptors (Lipinski definition) is 6. The molecule has 0 N–H and O–H groups in total. The summed E-state index contributed by atoms with van der Waals surface area (Å²) in [6, 6.07) is 9.18. The first-order valence-corrected chi connectivity index (χ1v) is 11.1. The van der Waals surface area contributed by atoms with Gasteiger partial charge in [-0.25, -0.2) is 9.97 Å². The molecule has 2 aromatic rings. The lowest BCUT2D eigenvalue weighted by atomic mass is 9.97. The highest BCUT2D eigenvalue weighted by atomic mass is 16.5. The first kappa shape index (κ1) is 23.5. The van der Waals surface area contributed by atoms with E-state index in [-0.39, 0.29) is 17.7 Å². The van der Waals surface area contributed by atoms with E-state index < -0.39 is 0 Å². The van der Waals surface area contributed by atoms with Crippen LogP contribution in [0.25, 0.3) is 0 Å². The molecule has 1 aliphatic rings. The molecule has 2 heterocycles. The predicted octanol–water partition coefficient (Wildman–Crippen LogP) is 2.94. The molecule has 0 saturated carbocycles. The second-order valence-electron chi connectivity index (χ2n) is 8.36. The Kier molecular flexibility index (Phi) is 7.66. The zero-order valence-corrected chi connectivity index (χ0v) is 19.7. The molecule has 0 radical (unpaired) electrons. The van der Waals surface area contributed by atoms with E-state index in [0.29, 0.717) is 31.0 Å². The average molecular weight is 440 g/mol. The molecule has 8 nitrogen and oxygen atoms in total. The number of carbonyl (C=O) groups excluding carboxylic acids is 2. The SMILES string of the molecule is CCOc1ccccc1C(=O)N(C)Cc1cc(N(C)C)nc([C@H]2CCCN(C(C)=O)C2)n1. The van der Waals surface area contributed by atoms with Crippen LogP contribution in [-0.2, 0) is 11.3 Å². The second kappa shape index (κ2) is 10.4. The van der Waals surface area contributed by atoms with Crippen molar-refractivity contribution in [2.75, 3.05) is 45.7 Å². The number of aromatic nitrogens is 2. The Morgan fingerprint density at radius 1 is 1.19 bits per heavy atom. The average Bonchev–Trinajstić information content (AvgIpc) is 2.79. The van der Waals surface area contributed by atoms with E-state index in [1.165, 1.54) is 0 Å². The first-order valence-electron chi connectivity index (χ1n) is 11.1. The number of nitrogens with zero attached hydrogens (tertiary/aromatic N) is 5. The predicted molar refractivity (Wildman–Crippen MR) is 124 cm³/mol. The standard InChI is InChI=1S/C24H33N5O3/c1-6-32-21-12-8-7-11-20(21)24(31)28(5)16-19-14-22(27(3)4)26-23(25-19)18-10-9-13-29(15-18)17(2)30/h7-8,11-12,14,18H,6,9-10,13,15-16H2,1-5H3/t18-/m0/s1. The van der Waals surface area contributed by atoms with Crippen LogP contribution in [-0.4, -0.2) is 72.4 Å². The maximum absolute atomic E-state index is 13.1. The zero-order valence-electron chi connectivity index (χ0n) is 19.7. The molecule has 3 rings (SSSR count). The van der Waals surface area contributed by atoms with Gasteiger partial charge in [0.2, 0.25) is 5.91 Å². The maximum atomic E-state index is 13.1. The molecule has 0 bridgehead atoms. The maximum Gasteiger partial charge on any atom is 0.257 e. The monoisotopic (exact) mass is 439 g/mol. The van der Waals surface area contributed by atoms with Gasteiger partial charge in [-0.2, -0.15) is 0 Å². The Bertz CT molecular complexity index is 962. The molecular weight excluding hydrogens is 406 g/mol. The van der Waals surface area contributed by atoms with Gasteiger partial charge < -0.3 is 19.4 Å². The fourth-order valence-electron chi connectivity index (χ4n) is 3.91. The second-order valence-corrected chi connectivity index (χ2v) is 8.36. The minimum Gasteiger partial charge on any atom is -0.493 e. The van der Waals surface area contributed by atoms with Gasteiger partial charge >= 0.3 is 0 Å². The molecule has 172 valence electrons. The van der Waals surface area contributed by atoms with E-state index >= 15 is 0 Å². The van der Waals surface area contributed by atoms with Gasteiger partial charge in [0.1, 0.15) is 17.4 Å². The van der Waals surface area contributed by atoms with Crippen molar-refractivity contribution < 1.29 is 14.3 Å². The van der Waals surface area contributed by atoms with Crippen LogP contribution in [0.4, 0.5) is 5.82 Å². The molecule has 1 fully saturated rings. The molecular formula is C24H33N5O3. The highest BCUT2D eigenvalue weighted by Crippen LogP contribution is 2.27. The fraction of sp³-hybridized carbons (Fsp3) is 0.500. The largest absolute Gasteiger partial charge is 0.493 e. The van der Waals surface area contributed by atoms with Crippen molar-refractivity contribution in [3.05, 3.63) is 47.4 Å². The van der Waals surface area contributed by atoms with Crippen LogP contribution in [0.5, 0.6) is 5.75 Å². The summed E-state index contributed by atoms with van der Waals surface area (Å²) in [6.07, 6.45) is 1.87. The Morgan fingerprint density at radius 3 is 2.62 bits per heavy atom. The Balaban J connectivity index is 1.84. The van der Waals surface area contributed by atoms with Crippen molar-refractivity contribution in [3.63, 3.8) is 0 Å². The normalized spacial score (nSPS) is 15.9. The summed E-state index contributed by atoms with van der Waals surface area (Å²) in [4.78, 5) is 40.0. The molecule has 8 heteroatoms. The van der Waals surface area contributed by atoms with E-state index in [1.807, 2.05) is 49.0 Å². The van der Waals surface area contributed by atoms with E-state index in [2.05, 4.69) is 0 Å². The van der Waals surface area contributed by atoms with Crippen molar-refractivity contribution in [2.45, 2.75) is 39.2 Å². The highest BCUT2D eigenvalue weighted by molar-refractivity contribution is 5.96. The minimum atomic E-state index is -0.124. The summed E-state index contributed by atoms with van der Waals surface area (Å²) >= 11 is 0. The van der Waals surface area contributed by atoms with Crippen molar-refractivity contribution >= 4 is 17.6 Å². The number of benzene rings is 1. The molecule has 0 aliphatic carbocycles. The Labute approximate surface area is 190 Å². The minimum absolute atomic E-state index is 0.0805. The van der Waals surface area contributed by atoms with Gasteiger partial charge in [-0.15, -0.1) is 0 Å². The lowest BCUT2D eigenvalue weighted by molar-refractivity contribution is -0.130. The lowest BCUT2D eigenvalue weighted by Crippen LogP contribution is -2.38. The van der Waals surface area contributed by atoms with Gasteiger partial charge in [0.15, 0.2) is 0 Å². The van der Waals surface area contributed by atoms with Gasteiger partial charge in [-0.1, -0.05) is 12.1 Å². The molecule has 1 aliphatic heterocycles. The number of likely N-dealkylation sites (tertiary alicyclic amines) is 1. The summed E-state index contributed by atoms with van der Waals surface area (Å²) in [5, 5.41) is 0. The van der Waals surface area contributed by atoms with Crippen molar-refractivity contribution in [2.24, 2.45) is 0 Å². The third-order valence-corrected chi connectivity index (χ3v) is 5.64. The van der Waals surface area contributed by atoms with E-state index in [4.69, 9.17) is 14.7 Å². The first-order chi connectivity index (χ1) is 15.3. The molecule has 0 unspecified atom stereocenters. The van der Waals surface area contributed by atoms with E-state index in [1.54, 1.807) is 31.0 Å². The topological polar surface area (TPSA) is 78.9 Å². The molecule has 2 amide bonds. The van der Waals surface area contributed by atoms with Gasteiger partial charge in [0, 0.05) is 53.1 Å². The van der Waals surface area contributed by atoms with E-state index in [0.717, 1.165) is 36.7 Å². The van der Waals surface area contributed by atoms with Crippen LogP contribution in [0.3, 0.4) is 0 Å². The van der Waals surface area contributed by atoms with Gasteiger partial charge in [-0.3, -0.25) is 9.59 Å². The summed E-state index contributed by atoms with van der Waals surface area (Å²) < 4.78 is 5.62. The number of hydrogen-bond donors (Lipinski definition) is 0. The van der Waals surface area contributed by atoms with Crippen LogP contribution in [0.15, 0.2) is 30.3 Å². The van der Waals surface area contributed by atoms with Crippen LogP contribution in [0.1, 0.15) is 54.5 Å². The van der Waals surface area contributed by atoms with Crippen LogP contribution < -0.4 is 9.64 Å². The number of anilines is 1. The number of carbonyl (C=O) groups is 2. The molecule has 1 atom stereocenters. The van der Waals surface area contributed by atoms with Crippen LogP contribution in [0.2, 0.25) is 0 Å². The summed E-state index contributed by atoms with van der Waals surface area (Å²) in [5.74, 6) is 2.15. The zero-order chi connectivity index (χ0) is 23.3. The molecule has 32 heavy (non-hydrogen) atoms. The highest BCUT2D eigenvalue weighted by Gasteiger charge is 2.26. The lowest BCUT2D eigenvalue weighted by Gasteiger charge is -2.31. The van der Waals surface area contributed by atoms with Crippen LogP contribution in [0, 0.1) is 0 Å². The Hall–Kier alpha value is -3.16. The third kappa shape index (κ3) is 5.55. The summed E-state index contributed by atoms with van der Waals surface area (Å²) in [6.45, 7) is 5.75. The van der Waals surface area contributed by atoms with Gasteiger partial charge in [0.25, 0.3) is 5.91 Å². The molecule has 0 spiro atoms. The van der Waals surface area contributed by atoms with Gasteiger partial charge in [0.05, 0.1) is 24.4 Å². The number of piperidine rings is 1. The molecule has 1 saturated heterocycles. The summed E-state index contributed by atoms with van der Waals surface area (Å²) in [7, 11) is 5.64. The molecule has 1 aromatic heterocycles. The Morgan fingerprint density at radius 2 is 1.94 bits per heavy atom. The summed E-state index contributed by atoms with van der Waals surface area (Å²) in [5.41, 5.74) is 1.30. The van der Waals surface area contributed by atoms with E-state index in [9.17, 15) is 9.59 Å². The number of ether oxygens (including phenoxy) is 1. The molecule has 1 aromatic carbocycles. The number of amides is 2. The quantitative estimate of drug-likeness (QED) is 0.660. The third-order valence-electron chi connectivity index (χ3n) is 5.64. The number of rotatable bonds is 7. The van der Waals surface area contributed by atoms with Crippen molar-refractivity contribution in [1.29, 1.82) is 0 Å². The number of para-hydroxylation sites is 1. The van der Waals surface area contributed by atoms with Gasteiger partial charge in [-0.05, 0) is 31.9 Å².